The molecule has 0 saturated heterocycles. The summed E-state index contributed by atoms with van der Waals surface area (Å²) in [6, 6.07) is 2.05. The summed E-state index contributed by atoms with van der Waals surface area (Å²) in [4.78, 5) is 0. The maximum Gasteiger partial charge on any atom is 0.150 e. The molecule has 2 rings (SSSR count). The Labute approximate surface area is 76.9 Å². The average molecular weight is 182 g/mol. The van der Waals surface area contributed by atoms with Crippen molar-refractivity contribution in [1.29, 1.82) is 0 Å². The van der Waals surface area contributed by atoms with Gasteiger partial charge in [0.2, 0.25) is 0 Å². The Kier molecular flexibility index (Phi) is 2.61. The van der Waals surface area contributed by atoms with Crippen LogP contribution in [0.4, 0.5) is 0 Å². The lowest BCUT2D eigenvalue weighted by molar-refractivity contribution is 0.147. The van der Waals surface area contributed by atoms with E-state index in [2.05, 4.69) is 10.5 Å². The predicted octanol–water partition coefficient (Wildman–Crippen LogP) is 0.678. The summed E-state index contributed by atoms with van der Waals surface area (Å²) in [6.07, 6.45) is 4.50. The van der Waals surface area contributed by atoms with Crippen molar-refractivity contribution in [3.63, 3.8) is 0 Å². The lowest BCUT2D eigenvalue weighted by Crippen LogP contribution is -2.34. The van der Waals surface area contributed by atoms with Gasteiger partial charge in [-0.15, -0.1) is 0 Å². The van der Waals surface area contributed by atoms with Crippen LogP contribution in [-0.4, -0.2) is 22.4 Å². The van der Waals surface area contributed by atoms with Gasteiger partial charge in [-0.2, -0.15) is 0 Å². The smallest absolute Gasteiger partial charge is 0.150 e. The van der Waals surface area contributed by atoms with Gasteiger partial charge in [-0.05, 0) is 19.3 Å². The minimum atomic E-state index is -0.192. The van der Waals surface area contributed by atoms with Crippen molar-refractivity contribution in [3.8, 4) is 0 Å². The average Bonchev–Trinajstić information content (AvgIpc) is 2.72. The van der Waals surface area contributed by atoms with E-state index < -0.39 is 0 Å². The summed E-state index contributed by atoms with van der Waals surface area (Å²) >= 11 is 0. The molecular formula is C9H14N2O2. The molecule has 0 bridgehead atoms. The number of aliphatic hydroxyl groups excluding tert-OH is 1. The molecule has 1 aliphatic carbocycles. The van der Waals surface area contributed by atoms with Crippen LogP contribution in [0.15, 0.2) is 16.8 Å². The van der Waals surface area contributed by atoms with Crippen molar-refractivity contribution in [3.05, 3.63) is 18.0 Å². The number of aliphatic hydroxyl groups is 1. The van der Waals surface area contributed by atoms with Gasteiger partial charge >= 0.3 is 0 Å². The Bertz CT molecular complexity index is 248. The summed E-state index contributed by atoms with van der Waals surface area (Å²) in [5.74, 6) is 0.819. The van der Waals surface area contributed by atoms with Gasteiger partial charge < -0.3 is 14.9 Å². The van der Waals surface area contributed by atoms with Crippen molar-refractivity contribution in [2.24, 2.45) is 0 Å². The summed E-state index contributed by atoms with van der Waals surface area (Å²) < 4.78 is 4.93. The molecule has 1 aromatic heterocycles. The van der Waals surface area contributed by atoms with Gasteiger partial charge in [0.15, 0.2) is 0 Å². The molecule has 0 aliphatic heterocycles. The van der Waals surface area contributed by atoms with Gasteiger partial charge in [0, 0.05) is 12.1 Å². The van der Waals surface area contributed by atoms with E-state index in [1.165, 1.54) is 0 Å². The first kappa shape index (κ1) is 8.72. The first-order valence-electron chi connectivity index (χ1n) is 4.67. The molecule has 72 valence electrons. The summed E-state index contributed by atoms with van der Waals surface area (Å²) in [6.45, 7) is 0.654. The third kappa shape index (κ3) is 2.08. The number of hydrogen-bond donors (Lipinski definition) is 2. The van der Waals surface area contributed by atoms with Crippen molar-refractivity contribution in [1.82, 2.24) is 10.5 Å². The highest BCUT2D eigenvalue weighted by molar-refractivity contribution is 4.94. The van der Waals surface area contributed by atoms with Crippen molar-refractivity contribution < 1.29 is 9.63 Å². The summed E-state index contributed by atoms with van der Waals surface area (Å²) in [5.41, 5.74) is 0. The minimum absolute atomic E-state index is 0.192. The molecule has 0 aromatic carbocycles. The topological polar surface area (TPSA) is 58.3 Å². The van der Waals surface area contributed by atoms with Crippen LogP contribution in [0.5, 0.6) is 0 Å². The highest BCUT2D eigenvalue weighted by atomic mass is 16.5. The number of nitrogens with one attached hydrogen (secondary N) is 1. The van der Waals surface area contributed by atoms with E-state index in [0.717, 1.165) is 25.0 Å². The Morgan fingerprint density at radius 1 is 1.62 bits per heavy atom. The lowest BCUT2D eigenvalue weighted by Gasteiger charge is -2.14. The first-order valence-corrected chi connectivity index (χ1v) is 4.67. The second-order valence-corrected chi connectivity index (χ2v) is 3.46. The van der Waals surface area contributed by atoms with E-state index in [4.69, 9.17) is 4.52 Å². The fourth-order valence-electron chi connectivity index (χ4n) is 1.74. The zero-order valence-corrected chi connectivity index (χ0v) is 7.44. The third-order valence-corrected chi connectivity index (χ3v) is 2.51. The number of rotatable bonds is 3. The van der Waals surface area contributed by atoms with E-state index in [1.807, 2.05) is 6.07 Å². The molecule has 1 aliphatic rings. The molecule has 0 spiro atoms. The standard InChI is InChI=1S/C9H14N2O2/c12-9-3-1-2-8(9)10-6-7-4-5-11-13-7/h4-5,8-10,12H,1-3,6H2/t8-,9-/m0/s1. The van der Waals surface area contributed by atoms with Crippen LogP contribution in [0.1, 0.15) is 25.0 Å². The number of nitrogens with zero attached hydrogens (tertiary/aromatic N) is 1. The Morgan fingerprint density at radius 2 is 2.54 bits per heavy atom. The van der Waals surface area contributed by atoms with E-state index in [9.17, 15) is 5.11 Å². The molecule has 1 fully saturated rings. The third-order valence-electron chi connectivity index (χ3n) is 2.51. The maximum absolute atomic E-state index is 9.51. The van der Waals surface area contributed by atoms with Crippen LogP contribution < -0.4 is 5.32 Å². The number of aromatic nitrogens is 1. The van der Waals surface area contributed by atoms with E-state index >= 15 is 0 Å². The van der Waals surface area contributed by atoms with Crippen LogP contribution in [0.3, 0.4) is 0 Å². The molecule has 0 amide bonds. The van der Waals surface area contributed by atoms with Crippen LogP contribution in [0.25, 0.3) is 0 Å². The Balaban J connectivity index is 1.79. The van der Waals surface area contributed by atoms with Crippen LogP contribution in [-0.2, 0) is 6.54 Å². The van der Waals surface area contributed by atoms with Gasteiger partial charge in [0.05, 0.1) is 18.8 Å². The van der Waals surface area contributed by atoms with Crippen molar-refractivity contribution >= 4 is 0 Å². The molecule has 4 nitrogen and oxygen atoms in total. The van der Waals surface area contributed by atoms with E-state index in [1.54, 1.807) is 6.20 Å². The fourth-order valence-corrected chi connectivity index (χ4v) is 1.74. The maximum atomic E-state index is 9.51. The molecule has 2 N–H and O–H groups in total. The molecule has 0 radical (unpaired) electrons. The molecule has 4 heteroatoms. The van der Waals surface area contributed by atoms with Crippen molar-refractivity contribution in [2.45, 2.75) is 38.0 Å². The predicted molar refractivity (Wildman–Crippen MR) is 47.0 cm³/mol. The Hall–Kier alpha value is -0.870. The second kappa shape index (κ2) is 3.89. The van der Waals surface area contributed by atoms with E-state index in [-0.39, 0.29) is 12.1 Å². The SMILES string of the molecule is O[C@H]1CCC[C@@H]1NCc1ccno1. The first-order chi connectivity index (χ1) is 6.36. The fraction of sp³-hybridized carbons (Fsp3) is 0.667. The quantitative estimate of drug-likeness (QED) is 0.721. The molecule has 1 heterocycles. The van der Waals surface area contributed by atoms with Crippen LogP contribution in [0, 0.1) is 0 Å². The van der Waals surface area contributed by atoms with Crippen molar-refractivity contribution in [2.75, 3.05) is 0 Å². The molecule has 1 aromatic rings. The largest absolute Gasteiger partial charge is 0.392 e. The molecule has 13 heavy (non-hydrogen) atoms. The zero-order valence-electron chi connectivity index (χ0n) is 7.44. The molecular weight excluding hydrogens is 168 g/mol. The second-order valence-electron chi connectivity index (χ2n) is 3.46. The number of hydrogen-bond acceptors (Lipinski definition) is 4. The molecule has 1 saturated carbocycles. The molecule has 0 unspecified atom stereocenters. The van der Waals surface area contributed by atoms with E-state index in [0.29, 0.717) is 6.54 Å². The summed E-state index contributed by atoms with van der Waals surface area (Å²) in [7, 11) is 0. The van der Waals surface area contributed by atoms with Crippen LogP contribution >= 0.6 is 0 Å². The van der Waals surface area contributed by atoms with Gasteiger partial charge in [-0.25, -0.2) is 0 Å². The zero-order chi connectivity index (χ0) is 9.10. The molecule has 2 atom stereocenters. The lowest BCUT2D eigenvalue weighted by atomic mass is 10.2. The van der Waals surface area contributed by atoms with Gasteiger partial charge in [0.1, 0.15) is 5.76 Å². The van der Waals surface area contributed by atoms with Gasteiger partial charge in [-0.3, -0.25) is 0 Å². The normalized spacial score (nSPS) is 28.1. The summed E-state index contributed by atoms with van der Waals surface area (Å²) in [5, 5.41) is 16.4. The van der Waals surface area contributed by atoms with Crippen LogP contribution in [0.2, 0.25) is 0 Å². The van der Waals surface area contributed by atoms with Gasteiger partial charge in [0.25, 0.3) is 0 Å². The van der Waals surface area contributed by atoms with Gasteiger partial charge in [-0.1, -0.05) is 5.16 Å². The minimum Gasteiger partial charge on any atom is -0.392 e. The monoisotopic (exact) mass is 182 g/mol. The highest BCUT2D eigenvalue weighted by Crippen LogP contribution is 2.18. The Morgan fingerprint density at radius 3 is 3.15 bits per heavy atom. The highest BCUT2D eigenvalue weighted by Gasteiger charge is 2.24.